The monoisotopic (exact) mass is 444 g/mol. The lowest BCUT2D eigenvalue weighted by Crippen LogP contribution is -2.23. The molecule has 0 spiro atoms. The predicted octanol–water partition coefficient (Wildman–Crippen LogP) is 5.66. The van der Waals surface area contributed by atoms with Gasteiger partial charge in [0.1, 0.15) is 5.82 Å². The Bertz CT molecular complexity index is 1080. The van der Waals surface area contributed by atoms with Crippen LogP contribution in [0.25, 0.3) is 11.4 Å². The van der Waals surface area contributed by atoms with Crippen molar-refractivity contribution in [3.63, 3.8) is 0 Å². The van der Waals surface area contributed by atoms with Crippen LogP contribution in [0.5, 0.6) is 0 Å². The summed E-state index contributed by atoms with van der Waals surface area (Å²) in [6.45, 7) is 9.76. The van der Waals surface area contributed by atoms with Crippen molar-refractivity contribution in [1.29, 1.82) is 0 Å². The van der Waals surface area contributed by atoms with Crippen molar-refractivity contribution in [2.75, 3.05) is 5.32 Å². The number of nitrogens with zero attached hydrogens (tertiary/aromatic N) is 3. The molecule has 1 N–H and O–H groups in total. The lowest BCUT2D eigenvalue weighted by molar-refractivity contribution is -0.115. The fourth-order valence-corrected chi connectivity index (χ4v) is 4.25. The van der Waals surface area contributed by atoms with Crippen molar-refractivity contribution in [1.82, 2.24) is 14.8 Å². The zero-order chi connectivity index (χ0) is 21.8. The van der Waals surface area contributed by atoms with Crippen molar-refractivity contribution >= 4 is 35.0 Å². The maximum absolute atomic E-state index is 14.3. The van der Waals surface area contributed by atoms with Crippen LogP contribution in [0.4, 0.5) is 10.1 Å². The van der Waals surface area contributed by atoms with Gasteiger partial charge >= 0.3 is 0 Å². The highest BCUT2D eigenvalue weighted by Gasteiger charge is 2.22. The highest BCUT2D eigenvalue weighted by atomic mass is 35.5. The van der Waals surface area contributed by atoms with Gasteiger partial charge in [-0.05, 0) is 50.1 Å². The number of halogens is 2. The van der Waals surface area contributed by atoms with Gasteiger partial charge in [-0.15, -0.1) is 16.8 Å². The molecule has 5 nitrogen and oxygen atoms in total. The van der Waals surface area contributed by atoms with Gasteiger partial charge in [-0.3, -0.25) is 9.36 Å². The van der Waals surface area contributed by atoms with Gasteiger partial charge in [-0.1, -0.05) is 47.6 Å². The van der Waals surface area contributed by atoms with E-state index >= 15 is 0 Å². The van der Waals surface area contributed by atoms with E-state index in [0.29, 0.717) is 33.8 Å². The lowest BCUT2D eigenvalue weighted by atomic mass is 10.1. The van der Waals surface area contributed by atoms with Crippen LogP contribution in [0.2, 0.25) is 5.02 Å². The number of carbonyl (C=O) groups excluding carboxylic acids is 1. The van der Waals surface area contributed by atoms with Crippen LogP contribution in [0.1, 0.15) is 18.1 Å². The van der Waals surface area contributed by atoms with E-state index in [9.17, 15) is 9.18 Å². The summed E-state index contributed by atoms with van der Waals surface area (Å²) in [5.41, 5.74) is 2.86. The standard InChI is InChI=1S/C22H22ClFN4OS/c1-5-10-28-20(16-8-6-7-9-18(16)24)26-27-22(28)30-15(4)21(29)25-19-14(3)11-13(2)12-17(19)23/h5-9,11-12,15H,1,10H2,2-4H3,(H,25,29). The molecule has 3 rings (SSSR count). The van der Waals surface area contributed by atoms with Crippen LogP contribution in [0.15, 0.2) is 54.2 Å². The zero-order valence-corrected chi connectivity index (χ0v) is 18.5. The summed E-state index contributed by atoms with van der Waals surface area (Å²) >= 11 is 7.54. The minimum atomic E-state index is -0.483. The second kappa shape index (κ2) is 9.45. The highest BCUT2D eigenvalue weighted by molar-refractivity contribution is 8.00. The van der Waals surface area contributed by atoms with Crippen molar-refractivity contribution in [3.05, 3.63) is 71.0 Å². The molecular weight excluding hydrogens is 423 g/mol. The van der Waals surface area contributed by atoms with Crippen molar-refractivity contribution in [2.45, 2.75) is 37.7 Å². The molecule has 1 heterocycles. The normalized spacial score (nSPS) is 11.9. The number of benzene rings is 2. The topological polar surface area (TPSA) is 59.8 Å². The number of anilines is 1. The van der Waals surface area contributed by atoms with Gasteiger partial charge in [-0.2, -0.15) is 0 Å². The van der Waals surface area contributed by atoms with Gasteiger partial charge in [0.25, 0.3) is 0 Å². The largest absolute Gasteiger partial charge is 0.324 e. The molecule has 0 fully saturated rings. The molecule has 0 aliphatic heterocycles. The summed E-state index contributed by atoms with van der Waals surface area (Å²) in [5.74, 6) is -0.211. The molecule has 0 aliphatic carbocycles. The van der Waals surface area contributed by atoms with Gasteiger partial charge in [0.05, 0.1) is 21.5 Å². The molecule has 156 valence electrons. The third-order valence-electron chi connectivity index (χ3n) is 4.47. The molecule has 2 aromatic carbocycles. The fraction of sp³-hybridized carbons (Fsp3) is 0.227. The molecule has 8 heteroatoms. The van der Waals surface area contributed by atoms with E-state index < -0.39 is 5.25 Å². The third kappa shape index (κ3) is 4.74. The average Bonchev–Trinajstić information content (AvgIpc) is 3.07. The number of carbonyl (C=O) groups is 1. The van der Waals surface area contributed by atoms with E-state index in [0.717, 1.165) is 11.1 Å². The van der Waals surface area contributed by atoms with Gasteiger partial charge in [-0.25, -0.2) is 4.39 Å². The average molecular weight is 445 g/mol. The summed E-state index contributed by atoms with van der Waals surface area (Å²) in [6, 6.07) is 10.1. The van der Waals surface area contributed by atoms with E-state index in [4.69, 9.17) is 11.6 Å². The second-order valence-electron chi connectivity index (χ2n) is 6.87. The Hall–Kier alpha value is -2.64. The second-order valence-corrected chi connectivity index (χ2v) is 8.59. The molecule has 1 amide bonds. The Kier molecular flexibility index (Phi) is 6.95. The molecule has 0 saturated carbocycles. The Morgan fingerprint density at radius 3 is 2.73 bits per heavy atom. The van der Waals surface area contributed by atoms with E-state index in [1.165, 1.54) is 17.8 Å². The SMILES string of the molecule is C=CCn1c(SC(C)C(=O)Nc2c(C)cc(C)cc2Cl)nnc1-c1ccccc1F. The van der Waals surface area contributed by atoms with Gasteiger partial charge < -0.3 is 5.32 Å². The quantitative estimate of drug-likeness (QED) is 0.377. The first-order valence-corrected chi connectivity index (χ1v) is 10.6. The maximum Gasteiger partial charge on any atom is 0.237 e. The molecule has 0 aliphatic rings. The van der Waals surface area contributed by atoms with Crippen molar-refractivity contribution < 1.29 is 9.18 Å². The molecule has 0 saturated heterocycles. The Balaban J connectivity index is 1.83. The van der Waals surface area contributed by atoms with Crippen molar-refractivity contribution in [3.8, 4) is 11.4 Å². The summed E-state index contributed by atoms with van der Waals surface area (Å²) in [4.78, 5) is 12.8. The number of aromatic nitrogens is 3. The summed E-state index contributed by atoms with van der Waals surface area (Å²) in [5, 5.41) is 11.7. The van der Waals surface area contributed by atoms with E-state index in [-0.39, 0.29) is 11.7 Å². The van der Waals surface area contributed by atoms with Gasteiger partial charge in [0.15, 0.2) is 11.0 Å². The van der Waals surface area contributed by atoms with Crippen LogP contribution in [-0.2, 0) is 11.3 Å². The number of hydrogen-bond acceptors (Lipinski definition) is 4. The Morgan fingerprint density at radius 1 is 1.33 bits per heavy atom. The van der Waals surface area contributed by atoms with E-state index in [2.05, 4.69) is 22.1 Å². The molecule has 1 atom stereocenters. The van der Waals surface area contributed by atoms with Gasteiger partial charge in [0.2, 0.25) is 5.91 Å². The molecule has 0 radical (unpaired) electrons. The summed E-state index contributed by atoms with van der Waals surface area (Å²) in [7, 11) is 0. The Labute approximate surface area is 184 Å². The van der Waals surface area contributed by atoms with E-state index in [1.54, 1.807) is 35.8 Å². The van der Waals surface area contributed by atoms with Gasteiger partial charge in [0, 0.05) is 6.54 Å². The van der Waals surface area contributed by atoms with Crippen LogP contribution in [-0.4, -0.2) is 25.9 Å². The lowest BCUT2D eigenvalue weighted by Gasteiger charge is -2.15. The molecule has 3 aromatic rings. The molecule has 0 bridgehead atoms. The van der Waals surface area contributed by atoms with Crippen LogP contribution in [0, 0.1) is 19.7 Å². The minimum absolute atomic E-state index is 0.213. The number of rotatable bonds is 7. The highest BCUT2D eigenvalue weighted by Crippen LogP contribution is 2.31. The number of nitrogens with one attached hydrogen (secondary N) is 1. The molecule has 30 heavy (non-hydrogen) atoms. The van der Waals surface area contributed by atoms with Crippen LogP contribution >= 0.6 is 23.4 Å². The van der Waals surface area contributed by atoms with Crippen molar-refractivity contribution in [2.24, 2.45) is 0 Å². The number of aryl methyl sites for hydroxylation is 2. The summed E-state index contributed by atoms with van der Waals surface area (Å²) in [6.07, 6.45) is 1.68. The number of thioether (sulfide) groups is 1. The summed E-state index contributed by atoms with van der Waals surface area (Å²) < 4.78 is 16.0. The molecular formula is C22H22ClFN4OS. The van der Waals surface area contributed by atoms with Crippen LogP contribution < -0.4 is 5.32 Å². The van der Waals surface area contributed by atoms with Crippen LogP contribution in [0.3, 0.4) is 0 Å². The predicted molar refractivity (Wildman–Crippen MR) is 120 cm³/mol. The zero-order valence-electron chi connectivity index (χ0n) is 16.9. The van der Waals surface area contributed by atoms with E-state index in [1.807, 2.05) is 26.0 Å². The number of allylic oxidation sites excluding steroid dienone is 1. The number of hydrogen-bond donors (Lipinski definition) is 1. The first-order valence-electron chi connectivity index (χ1n) is 9.35. The first-order chi connectivity index (χ1) is 14.3. The minimum Gasteiger partial charge on any atom is -0.324 e. The molecule has 1 unspecified atom stereocenters. The Morgan fingerprint density at radius 2 is 2.07 bits per heavy atom. The maximum atomic E-state index is 14.3. The third-order valence-corrected chi connectivity index (χ3v) is 5.85. The number of amides is 1. The smallest absolute Gasteiger partial charge is 0.237 e. The molecule has 1 aromatic heterocycles. The first kappa shape index (κ1) is 22.1. The fourth-order valence-electron chi connectivity index (χ4n) is 3.02.